The van der Waals surface area contributed by atoms with Crippen molar-refractivity contribution in [2.24, 2.45) is 5.92 Å². The van der Waals surface area contributed by atoms with Crippen LogP contribution in [0.4, 0.5) is 0 Å². The molecule has 0 aliphatic heterocycles. The number of hydrogen-bond acceptors (Lipinski definition) is 3. The normalized spacial score (nSPS) is 13.7. The molecule has 0 saturated carbocycles. The first-order chi connectivity index (χ1) is 14.6. The van der Waals surface area contributed by atoms with E-state index in [9.17, 15) is 9.59 Å². The summed E-state index contributed by atoms with van der Waals surface area (Å²) in [6.45, 7) is 5.09. The summed E-state index contributed by atoms with van der Waals surface area (Å²) in [5.41, 5.74) is 0. The lowest BCUT2D eigenvalue weighted by atomic mass is 9.96. The van der Waals surface area contributed by atoms with E-state index in [0.29, 0.717) is 23.4 Å². The van der Waals surface area contributed by atoms with Crippen LogP contribution in [0.25, 0.3) is 0 Å². The molecule has 0 aliphatic carbocycles. The quantitative estimate of drug-likeness (QED) is 0.124. The highest BCUT2D eigenvalue weighted by Gasteiger charge is 2.24. The van der Waals surface area contributed by atoms with Crippen LogP contribution < -0.4 is 0 Å². The number of likely N-dealkylation sites (N-methyl/N-ethyl adjacent to an activating group) is 1. The molecular weight excluding hydrogens is 390 g/mol. The van der Waals surface area contributed by atoms with Gasteiger partial charge in [-0.05, 0) is 12.3 Å². The van der Waals surface area contributed by atoms with Gasteiger partial charge < -0.3 is 14.3 Å². The number of rotatable bonds is 21. The van der Waals surface area contributed by atoms with E-state index in [4.69, 9.17) is 9.84 Å². The van der Waals surface area contributed by atoms with Gasteiger partial charge in [0.15, 0.2) is 6.10 Å². The summed E-state index contributed by atoms with van der Waals surface area (Å²) in [5, 5.41) is 9.04. The molecule has 1 N–H and O–H groups in total. The zero-order valence-electron chi connectivity index (χ0n) is 21.3. The molecule has 0 aromatic rings. The Balaban J connectivity index is 3.72. The van der Waals surface area contributed by atoms with E-state index in [1.807, 2.05) is 21.1 Å². The van der Waals surface area contributed by atoms with Crippen molar-refractivity contribution in [2.75, 3.05) is 27.7 Å². The number of quaternary nitrogens is 1. The lowest BCUT2D eigenvalue weighted by molar-refractivity contribution is -0.873. The SMILES string of the molecule is CCCCCCCCCCCCC(C)CCCCC(=O)OC(CC(=O)O)C[N+](C)(C)C. The van der Waals surface area contributed by atoms with Crippen LogP contribution in [0.1, 0.15) is 117 Å². The third-order valence-electron chi connectivity index (χ3n) is 5.83. The molecule has 0 fully saturated rings. The number of nitrogens with zero attached hydrogens (tertiary/aromatic N) is 1. The third-order valence-corrected chi connectivity index (χ3v) is 5.83. The topological polar surface area (TPSA) is 63.6 Å². The summed E-state index contributed by atoms with van der Waals surface area (Å²) in [6, 6.07) is 0. The van der Waals surface area contributed by atoms with Gasteiger partial charge in [0.2, 0.25) is 0 Å². The van der Waals surface area contributed by atoms with Crippen molar-refractivity contribution in [2.45, 2.75) is 123 Å². The molecule has 0 aliphatic rings. The number of carboxylic acid groups (broad SMARTS) is 1. The van der Waals surface area contributed by atoms with E-state index >= 15 is 0 Å². The summed E-state index contributed by atoms with van der Waals surface area (Å²) in [5.74, 6) is -0.475. The van der Waals surface area contributed by atoms with E-state index < -0.39 is 12.1 Å². The highest BCUT2D eigenvalue weighted by molar-refractivity contribution is 5.71. The Kier molecular flexibility index (Phi) is 17.8. The summed E-state index contributed by atoms with van der Waals surface area (Å²) in [6.07, 6.45) is 17.8. The largest absolute Gasteiger partial charge is 0.481 e. The monoisotopic (exact) mass is 442 g/mol. The van der Waals surface area contributed by atoms with Crippen LogP contribution in [0.2, 0.25) is 0 Å². The first kappa shape index (κ1) is 29.9. The predicted octanol–water partition coefficient (Wildman–Crippen LogP) is 6.59. The molecule has 0 saturated heterocycles. The van der Waals surface area contributed by atoms with Gasteiger partial charge in [-0.25, -0.2) is 0 Å². The van der Waals surface area contributed by atoms with Gasteiger partial charge in [-0.1, -0.05) is 97.3 Å². The fourth-order valence-electron chi connectivity index (χ4n) is 4.08. The highest BCUT2D eigenvalue weighted by Crippen LogP contribution is 2.18. The second-order valence-corrected chi connectivity index (χ2v) is 10.5. The summed E-state index contributed by atoms with van der Waals surface area (Å²) >= 11 is 0. The van der Waals surface area contributed by atoms with Gasteiger partial charge in [-0.15, -0.1) is 0 Å². The minimum Gasteiger partial charge on any atom is -0.481 e. The van der Waals surface area contributed by atoms with Crippen molar-refractivity contribution >= 4 is 11.9 Å². The summed E-state index contributed by atoms with van der Waals surface area (Å²) in [7, 11) is 5.91. The maximum absolute atomic E-state index is 12.1. The minimum absolute atomic E-state index is 0.128. The molecule has 31 heavy (non-hydrogen) atoms. The van der Waals surface area contributed by atoms with Crippen molar-refractivity contribution in [3.05, 3.63) is 0 Å². The molecule has 0 rings (SSSR count). The molecule has 2 atom stereocenters. The van der Waals surface area contributed by atoms with Gasteiger partial charge in [0.25, 0.3) is 0 Å². The molecular formula is C26H52NO4+. The van der Waals surface area contributed by atoms with Gasteiger partial charge in [0.1, 0.15) is 6.54 Å². The van der Waals surface area contributed by atoms with Crippen LogP contribution in [-0.4, -0.2) is 55.3 Å². The number of hydrogen-bond donors (Lipinski definition) is 1. The maximum atomic E-state index is 12.1. The number of aliphatic carboxylic acids is 1. The molecule has 0 aromatic heterocycles. The zero-order chi connectivity index (χ0) is 23.5. The summed E-state index contributed by atoms with van der Waals surface area (Å²) in [4.78, 5) is 23.1. The van der Waals surface area contributed by atoms with E-state index in [1.54, 1.807) is 0 Å². The Hall–Kier alpha value is -1.10. The molecule has 0 amide bonds. The first-order valence-corrected chi connectivity index (χ1v) is 12.9. The Morgan fingerprint density at radius 2 is 1.29 bits per heavy atom. The van der Waals surface area contributed by atoms with Crippen LogP contribution in [0, 0.1) is 5.92 Å². The fourth-order valence-corrected chi connectivity index (χ4v) is 4.08. The Bertz CT molecular complexity index is 459. The van der Waals surface area contributed by atoms with Crippen LogP contribution in [-0.2, 0) is 14.3 Å². The standard InChI is InChI=1S/C26H51NO4/c1-6-7-8-9-10-11-12-13-14-15-18-23(2)19-16-17-20-26(30)31-24(21-25(28)29)22-27(3,4)5/h23-24H,6-22H2,1-5H3/p+1. The number of carbonyl (C=O) groups is 2. The molecule has 184 valence electrons. The number of ether oxygens (including phenoxy) is 1. The van der Waals surface area contributed by atoms with Gasteiger partial charge in [-0.3, -0.25) is 9.59 Å². The first-order valence-electron chi connectivity index (χ1n) is 12.9. The zero-order valence-corrected chi connectivity index (χ0v) is 21.3. The minimum atomic E-state index is -0.924. The lowest BCUT2D eigenvalue weighted by Gasteiger charge is -2.28. The van der Waals surface area contributed by atoms with Crippen molar-refractivity contribution < 1.29 is 23.9 Å². The second-order valence-electron chi connectivity index (χ2n) is 10.5. The molecule has 2 unspecified atom stereocenters. The fraction of sp³-hybridized carbons (Fsp3) is 0.923. The molecule has 0 aromatic carbocycles. The van der Waals surface area contributed by atoms with Crippen molar-refractivity contribution in [1.29, 1.82) is 0 Å². The van der Waals surface area contributed by atoms with Crippen LogP contribution in [0.15, 0.2) is 0 Å². The number of unbranched alkanes of at least 4 members (excludes halogenated alkanes) is 10. The average Bonchev–Trinajstić information content (AvgIpc) is 2.64. The second kappa shape index (κ2) is 18.5. The van der Waals surface area contributed by atoms with Crippen molar-refractivity contribution in [3.8, 4) is 0 Å². The number of carbonyl (C=O) groups excluding carboxylic acids is 1. The van der Waals surface area contributed by atoms with Gasteiger partial charge in [0, 0.05) is 6.42 Å². The van der Waals surface area contributed by atoms with E-state index in [1.165, 1.54) is 70.6 Å². The van der Waals surface area contributed by atoms with E-state index in [2.05, 4.69) is 13.8 Å². The smallest absolute Gasteiger partial charge is 0.307 e. The molecule has 0 heterocycles. The lowest BCUT2D eigenvalue weighted by Crippen LogP contribution is -2.43. The third kappa shape index (κ3) is 21.9. The molecule has 0 bridgehead atoms. The predicted molar refractivity (Wildman–Crippen MR) is 129 cm³/mol. The Morgan fingerprint density at radius 3 is 1.77 bits per heavy atom. The number of carboxylic acids is 1. The molecule has 0 radical (unpaired) electrons. The van der Waals surface area contributed by atoms with Crippen LogP contribution in [0.5, 0.6) is 0 Å². The Labute approximate surface area is 192 Å². The molecule has 0 spiro atoms. The molecule has 5 heteroatoms. The van der Waals surface area contributed by atoms with Crippen molar-refractivity contribution in [1.82, 2.24) is 0 Å². The van der Waals surface area contributed by atoms with E-state index in [-0.39, 0.29) is 12.4 Å². The van der Waals surface area contributed by atoms with Gasteiger partial charge in [0.05, 0.1) is 27.6 Å². The summed E-state index contributed by atoms with van der Waals surface area (Å²) < 4.78 is 6.02. The Morgan fingerprint density at radius 1 is 0.806 bits per heavy atom. The van der Waals surface area contributed by atoms with Crippen LogP contribution >= 0.6 is 0 Å². The van der Waals surface area contributed by atoms with Crippen molar-refractivity contribution in [3.63, 3.8) is 0 Å². The molecule has 5 nitrogen and oxygen atoms in total. The van der Waals surface area contributed by atoms with E-state index in [0.717, 1.165) is 19.3 Å². The number of esters is 1. The average molecular weight is 443 g/mol. The maximum Gasteiger partial charge on any atom is 0.307 e. The van der Waals surface area contributed by atoms with Crippen LogP contribution in [0.3, 0.4) is 0 Å². The van der Waals surface area contributed by atoms with Gasteiger partial charge >= 0.3 is 11.9 Å². The van der Waals surface area contributed by atoms with Gasteiger partial charge in [-0.2, -0.15) is 0 Å². The highest BCUT2D eigenvalue weighted by atomic mass is 16.5.